The van der Waals surface area contributed by atoms with Gasteiger partial charge in [0, 0.05) is 6.54 Å². The topological polar surface area (TPSA) is 64.8 Å². The van der Waals surface area contributed by atoms with E-state index < -0.39 is 0 Å². The molecule has 1 aliphatic rings. The summed E-state index contributed by atoms with van der Waals surface area (Å²) in [6.45, 7) is 6.71. The van der Waals surface area contributed by atoms with E-state index in [9.17, 15) is 4.79 Å². The Balaban J connectivity index is 1.95. The fourth-order valence-corrected chi connectivity index (χ4v) is 2.22. The number of anilines is 1. The molecule has 2 N–H and O–H groups in total. The third-order valence-corrected chi connectivity index (χ3v) is 3.50. The van der Waals surface area contributed by atoms with E-state index in [1.165, 1.54) is 0 Å². The first-order chi connectivity index (χ1) is 10.1. The van der Waals surface area contributed by atoms with Gasteiger partial charge in [-0.05, 0) is 30.0 Å². The average molecular weight is 292 g/mol. The second-order valence-electron chi connectivity index (χ2n) is 5.68. The Morgan fingerprint density at radius 1 is 1.48 bits per heavy atom. The highest BCUT2D eigenvalue weighted by Crippen LogP contribution is 2.32. The number of nitrogens with two attached hydrogens (primary N) is 1. The van der Waals surface area contributed by atoms with Crippen molar-refractivity contribution in [1.29, 1.82) is 0 Å². The third-order valence-electron chi connectivity index (χ3n) is 3.50. The van der Waals surface area contributed by atoms with Crippen molar-refractivity contribution in [2.45, 2.75) is 26.8 Å². The number of benzene rings is 1. The van der Waals surface area contributed by atoms with E-state index in [0.717, 1.165) is 23.4 Å². The van der Waals surface area contributed by atoms with E-state index in [0.29, 0.717) is 32.2 Å². The summed E-state index contributed by atoms with van der Waals surface area (Å²) in [5.74, 6) is 1.14. The van der Waals surface area contributed by atoms with E-state index in [-0.39, 0.29) is 12.5 Å². The van der Waals surface area contributed by atoms with Crippen LogP contribution in [0.3, 0.4) is 0 Å². The van der Waals surface area contributed by atoms with Crippen molar-refractivity contribution in [2.24, 2.45) is 11.7 Å². The number of carbonyl (C=O) groups excluding carboxylic acids is 1. The number of rotatable bonds is 6. The van der Waals surface area contributed by atoms with E-state index in [4.69, 9.17) is 15.2 Å². The molecule has 5 heteroatoms. The average Bonchev–Trinajstić information content (AvgIpc) is 2.46. The van der Waals surface area contributed by atoms with Crippen LogP contribution in [0.4, 0.5) is 5.69 Å². The first-order valence-corrected chi connectivity index (χ1v) is 7.46. The van der Waals surface area contributed by atoms with Crippen LogP contribution in [0.15, 0.2) is 18.2 Å². The first-order valence-electron chi connectivity index (χ1n) is 7.46. The molecule has 0 saturated heterocycles. The minimum atomic E-state index is -0.189. The van der Waals surface area contributed by atoms with Gasteiger partial charge in [-0.2, -0.15) is 0 Å². The van der Waals surface area contributed by atoms with E-state index in [2.05, 4.69) is 13.8 Å². The lowest BCUT2D eigenvalue weighted by Gasteiger charge is -2.30. The van der Waals surface area contributed by atoms with Crippen LogP contribution in [0.2, 0.25) is 0 Å². The molecule has 0 aliphatic carbocycles. The highest BCUT2D eigenvalue weighted by Gasteiger charge is 2.21. The summed E-state index contributed by atoms with van der Waals surface area (Å²) in [6, 6.07) is 5.86. The van der Waals surface area contributed by atoms with Gasteiger partial charge in [0.1, 0.15) is 18.9 Å². The van der Waals surface area contributed by atoms with Crippen molar-refractivity contribution in [3.05, 3.63) is 23.8 Å². The van der Waals surface area contributed by atoms with Crippen molar-refractivity contribution < 1.29 is 14.3 Å². The van der Waals surface area contributed by atoms with Crippen LogP contribution >= 0.6 is 0 Å². The molecule has 0 bridgehead atoms. The van der Waals surface area contributed by atoms with Crippen molar-refractivity contribution in [3.8, 4) is 5.75 Å². The predicted octanol–water partition coefficient (Wildman–Crippen LogP) is 1.93. The zero-order chi connectivity index (χ0) is 15.2. The van der Waals surface area contributed by atoms with Gasteiger partial charge in [0.15, 0.2) is 0 Å². The minimum Gasteiger partial charge on any atom is -0.490 e. The molecule has 5 nitrogen and oxygen atoms in total. The molecule has 0 saturated carbocycles. The molecule has 0 fully saturated rings. The van der Waals surface area contributed by atoms with Crippen molar-refractivity contribution >= 4 is 11.7 Å². The zero-order valence-electron chi connectivity index (χ0n) is 12.8. The number of carbonyl (C=O) groups is 1. The standard InChI is InChI=1S/C16H24N2O3/c1-12(2)5-7-21-16(19)11-18-6-8-20-15-9-13(10-17)3-4-14(15)18/h3-4,9,12H,5-8,10-11,17H2,1-2H3. The Kier molecular flexibility index (Phi) is 5.44. The fraction of sp³-hybridized carbons (Fsp3) is 0.562. The zero-order valence-corrected chi connectivity index (χ0v) is 12.8. The maximum atomic E-state index is 11.9. The highest BCUT2D eigenvalue weighted by atomic mass is 16.5. The number of hydrogen-bond acceptors (Lipinski definition) is 5. The summed E-state index contributed by atoms with van der Waals surface area (Å²) in [5, 5.41) is 0. The SMILES string of the molecule is CC(C)CCOC(=O)CN1CCOc2cc(CN)ccc21. The molecule has 2 rings (SSSR count). The lowest BCUT2D eigenvalue weighted by atomic mass is 10.1. The quantitative estimate of drug-likeness (QED) is 0.812. The summed E-state index contributed by atoms with van der Waals surface area (Å²) in [7, 11) is 0. The second-order valence-corrected chi connectivity index (χ2v) is 5.68. The molecule has 0 amide bonds. The molecule has 116 valence electrons. The Hall–Kier alpha value is -1.75. The number of fused-ring (bicyclic) bond motifs is 1. The molecule has 0 unspecified atom stereocenters. The van der Waals surface area contributed by atoms with Crippen LogP contribution in [-0.4, -0.2) is 32.3 Å². The Morgan fingerprint density at radius 2 is 2.29 bits per heavy atom. The molecule has 0 spiro atoms. The van der Waals surface area contributed by atoms with Gasteiger partial charge in [0.05, 0.1) is 18.8 Å². The maximum absolute atomic E-state index is 11.9. The lowest BCUT2D eigenvalue weighted by Crippen LogP contribution is -2.37. The van der Waals surface area contributed by atoms with Crippen LogP contribution in [0.5, 0.6) is 5.75 Å². The first kappa shape index (κ1) is 15.6. The summed E-state index contributed by atoms with van der Waals surface area (Å²) in [6.07, 6.45) is 0.894. The minimum absolute atomic E-state index is 0.189. The highest BCUT2D eigenvalue weighted by molar-refractivity contribution is 5.77. The molecule has 21 heavy (non-hydrogen) atoms. The number of nitrogens with zero attached hydrogens (tertiary/aromatic N) is 1. The van der Waals surface area contributed by atoms with Gasteiger partial charge in [-0.1, -0.05) is 19.9 Å². The van der Waals surface area contributed by atoms with Gasteiger partial charge >= 0.3 is 5.97 Å². The van der Waals surface area contributed by atoms with Crippen molar-refractivity contribution in [3.63, 3.8) is 0 Å². The summed E-state index contributed by atoms with van der Waals surface area (Å²) in [4.78, 5) is 13.9. The molecule has 0 atom stereocenters. The van der Waals surface area contributed by atoms with Gasteiger partial charge in [0.25, 0.3) is 0 Å². The van der Waals surface area contributed by atoms with Crippen LogP contribution < -0.4 is 15.4 Å². The van der Waals surface area contributed by atoms with E-state index in [1.54, 1.807) is 0 Å². The largest absolute Gasteiger partial charge is 0.490 e. The van der Waals surface area contributed by atoms with Crippen LogP contribution in [0.25, 0.3) is 0 Å². The van der Waals surface area contributed by atoms with Crippen LogP contribution in [-0.2, 0) is 16.1 Å². The Bertz CT molecular complexity index is 488. The smallest absolute Gasteiger partial charge is 0.325 e. The van der Waals surface area contributed by atoms with E-state index in [1.807, 2.05) is 23.1 Å². The Labute approximate surface area is 126 Å². The molecule has 0 aromatic heterocycles. The molecule has 1 aliphatic heterocycles. The summed E-state index contributed by atoms with van der Waals surface area (Å²) in [5.41, 5.74) is 7.59. The lowest BCUT2D eigenvalue weighted by molar-refractivity contribution is -0.142. The number of esters is 1. The predicted molar refractivity (Wildman–Crippen MR) is 82.5 cm³/mol. The van der Waals surface area contributed by atoms with Gasteiger partial charge < -0.3 is 20.1 Å². The summed E-state index contributed by atoms with van der Waals surface area (Å²) >= 11 is 0. The van der Waals surface area contributed by atoms with Gasteiger partial charge in [-0.25, -0.2) is 0 Å². The summed E-state index contributed by atoms with van der Waals surface area (Å²) < 4.78 is 10.9. The number of hydrogen-bond donors (Lipinski definition) is 1. The van der Waals surface area contributed by atoms with Gasteiger partial charge in [-0.3, -0.25) is 4.79 Å². The molecular weight excluding hydrogens is 268 g/mol. The normalized spacial score (nSPS) is 13.8. The van der Waals surface area contributed by atoms with E-state index >= 15 is 0 Å². The fourth-order valence-electron chi connectivity index (χ4n) is 2.22. The Morgan fingerprint density at radius 3 is 3.00 bits per heavy atom. The third kappa shape index (κ3) is 4.36. The molecular formula is C16H24N2O3. The van der Waals surface area contributed by atoms with Gasteiger partial charge in [-0.15, -0.1) is 0 Å². The van der Waals surface area contributed by atoms with Crippen molar-refractivity contribution in [1.82, 2.24) is 0 Å². The van der Waals surface area contributed by atoms with Crippen LogP contribution in [0.1, 0.15) is 25.8 Å². The molecule has 1 heterocycles. The monoisotopic (exact) mass is 292 g/mol. The van der Waals surface area contributed by atoms with Crippen molar-refractivity contribution in [2.75, 3.05) is 31.2 Å². The number of ether oxygens (including phenoxy) is 2. The molecule has 1 aromatic rings. The van der Waals surface area contributed by atoms with Crippen LogP contribution in [0, 0.1) is 5.92 Å². The molecule has 0 radical (unpaired) electrons. The van der Waals surface area contributed by atoms with Gasteiger partial charge in [0.2, 0.25) is 0 Å². The molecule has 1 aromatic carbocycles. The maximum Gasteiger partial charge on any atom is 0.325 e. The second kappa shape index (κ2) is 7.31.